The van der Waals surface area contributed by atoms with E-state index in [1.165, 1.54) is 0 Å². The van der Waals surface area contributed by atoms with E-state index < -0.39 is 5.60 Å². The van der Waals surface area contributed by atoms with Gasteiger partial charge >= 0.3 is 0 Å². The number of aliphatic imine (C=N–C) groups is 1. The average molecular weight is 495 g/mol. The fourth-order valence-corrected chi connectivity index (χ4v) is 4.01. The molecule has 0 saturated carbocycles. The third-order valence-corrected chi connectivity index (χ3v) is 5.44. The lowest BCUT2D eigenvalue weighted by Crippen LogP contribution is -2.41. The number of aliphatic hydroxyl groups is 1. The van der Waals surface area contributed by atoms with Crippen LogP contribution in [0.3, 0.4) is 0 Å². The number of methoxy groups -OCH3 is 2. The van der Waals surface area contributed by atoms with Crippen molar-refractivity contribution >= 4 is 41.7 Å². The molecular weight excluding hydrogens is 465 g/mol. The van der Waals surface area contributed by atoms with E-state index in [-0.39, 0.29) is 24.0 Å². The molecule has 26 heavy (non-hydrogen) atoms. The molecule has 2 N–H and O–H groups in total. The third kappa shape index (κ3) is 6.38. The Labute approximate surface area is 177 Å². The number of benzene rings is 1. The Balaban J connectivity index is 0.00000338. The number of guanidine groups is 1. The minimum Gasteiger partial charge on any atom is -0.497 e. The molecule has 1 heterocycles. The normalized spacial score (nSPS) is 19.7. The van der Waals surface area contributed by atoms with Gasteiger partial charge in [-0.15, -0.1) is 24.0 Å². The van der Waals surface area contributed by atoms with Crippen LogP contribution in [-0.4, -0.2) is 67.4 Å². The van der Waals surface area contributed by atoms with Gasteiger partial charge in [-0.05, 0) is 31.2 Å². The number of hydrogen-bond acceptors (Lipinski definition) is 5. The highest BCUT2D eigenvalue weighted by Gasteiger charge is 2.31. The maximum Gasteiger partial charge on any atom is 0.194 e. The van der Waals surface area contributed by atoms with Gasteiger partial charge in [-0.1, -0.05) is 0 Å². The number of nitrogens with zero attached hydrogens (tertiary/aromatic N) is 2. The van der Waals surface area contributed by atoms with Gasteiger partial charge in [-0.3, -0.25) is 4.99 Å². The fraction of sp³-hybridized carbons (Fsp3) is 0.611. The van der Waals surface area contributed by atoms with Crippen LogP contribution < -0.4 is 14.8 Å². The van der Waals surface area contributed by atoms with Crippen LogP contribution in [0.5, 0.6) is 11.5 Å². The predicted octanol–water partition coefficient (Wildman–Crippen LogP) is 2.59. The number of nitrogens with one attached hydrogen (secondary N) is 1. The molecule has 0 amide bonds. The van der Waals surface area contributed by atoms with Gasteiger partial charge in [-0.25, -0.2) is 0 Å². The van der Waals surface area contributed by atoms with Crippen LogP contribution in [0.25, 0.3) is 0 Å². The molecule has 1 atom stereocenters. The van der Waals surface area contributed by atoms with Crippen molar-refractivity contribution in [3.8, 4) is 11.5 Å². The summed E-state index contributed by atoms with van der Waals surface area (Å²) in [6.45, 7) is 3.88. The van der Waals surface area contributed by atoms with Crippen LogP contribution >= 0.6 is 35.7 Å². The van der Waals surface area contributed by atoms with Crippen molar-refractivity contribution < 1.29 is 14.6 Å². The Bertz CT molecular complexity index is 595. The predicted molar refractivity (Wildman–Crippen MR) is 119 cm³/mol. The molecule has 148 valence electrons. The number of thioether (sulfide) groups is 1. The van der Waals surface area contributed by atoms with E-state index in [1.807, 2.05) is 37.1 Å². The maximum atomic E-state index is 10.5. The molecule has 1 unspecified atom stereocenters. The maximum absolute atomic E-state index is 10.5. The van der Waals surface area contributed by atoms with E-state index in [0.29, 0.717) is 13.1 Å². The molecule has 0 spiro atoms. The topological polar surface area (TPSA) is 66.3 Å². The Morgan fingerprint density at radius 1 is 1.38 bits per heavy atom. The Hall–Kier alpha value is -0.870. The summed E-state index contributed by atoms with van der Waals surface area (Å²) in [4.78, 5) is 6.70. The van der Waals surface area contributed by atoms with Gasteiger partial charge < -0.3 is 24.8 Å². The van der Waals surface area contributed by atoms with Gasteiger partial charge in [0.05, 0.1) is 26.4 Å². The average Bonchev–Trinajstić information content (AvgIpc) is 3.05. The van der Waals surface area contributed by atoms with Gasteiger partial charge in [0, 0.05) is 37.5 Å². The second kappa shape index (κ2) is 11.1. The minimum atomic E-state index is -0.677. The Morgan fingerprint density at radius 2 is 2.15 bits per heavy atom. The quantitative estimate of drug-likeness (QED) is 0.345. The largest absolute Gasteiger partial charge is 0.497 e. The van der Waals surface area contributed by atoms with Crippen molar-refractivity contribution in [3.63, 3.8) is 0 Å². The number of halogens is 1. The minimum absolute atomic E-state index is 0. The number of hydrogen-bond donors (Lipinski definition) is 2. The lowest BCUT2D eigenvalue weighted by Gasteiger charge is -2.25. The van der Waals surface area contributed by atoms with Crippen LogP contribution in [-0.2, 0) is 6.54 Å². The van der Waals surface area contributed by atoms with Crippen molar-refractivity contribution in [3.05, 3.63) is 23.8 Å². The third-order valence-electron chi connectivity index (χ3n) is 4.20. The molecule has 0 aliphatic carbocycles. The number of rotatable bonds is 7. The molecule has 1 aliphatic heterocycles. The highest BCUT2D eigenvalue weighted by molar-refractivity contribution is 14.0. The smallest absolute Gasteiger partial charge is 0.194 e. The molecule has 1 fully saturated rings. The standard InChI is InChI=1S/C18H29N3O3S.HI/c1-5-19-17(20-12-18(22)8-9-25-13-18)21(2)11-14-6-7-15(23-3)10-16(14)24-4;/h6-7,10,22H,5,8-9,11-13H2,1-4H3,(H,19,20);1H. The van der Waals surface area contributed by atoms with E-state index in [1.54, 1.807) is 26.0 Å². The first-order valence-corrected chi connectivity index (χ1v) is 9.67. The summed E-state index contributed by atoms with van der Waals surface area (Å²) in [7, 11) is 5.28. The molecule has 8 heteroatoms. The summed E-state index contributed by atoms with van der Waals surface area (Å²) < 4.78 is 10.7. The highest BCUT2D eigenvalue weighted by atomic mass is 127. The van der Waals surface area contributed by atoms with E-state index in [2.05, 4.69) is 10.3 Å². The molecule has 1 aliphatic rings. The second-order valence-corrected chi connectivity index (χ2v) is 7.34. The zero-order valence-electron chi connectivity index (χ0n) is 15.9. The summed E-state index contributed by atoms with van der Waals surface area (Å²) >= 11 is 1.78. The molecular formula is C18H30IN3O3S. The van der Waals surface area contributed by atoms with Gasteiger partial charge in [0.2, 0.25) is 0 Å². The van der Waals surface area contributed by atoms with Crippen molar-refractivity contribution in [2.75, 3.05) is 45.9 Å². The summed E-state index contributed by atoms with van der Waals surface area (Å²) in [6.07, 6.45) is 0.802. The molecule has 1 aromatic rings. The SMILES string of the molecule is CCNC(=NCC1(O)CCSC1)N(C)Cc1ccc(OC)cc1OC.I. The highest BCUT2D eigenvalue weighted by Crippen LogP contribution is 2.28. The Morgan fingerprint density at radius 3 is 2.73 bits per heavy atom. The summed E-state index contributed by atoms with van der Waals surface area (Å²) in [5.74, 6) is 4.09. The molecule has 2 rings (SSSR count). The van der Waals surface area contributed by atoms with E-state index >= 15 is 0 Å². The first kappa shape index (κ1) is 23.2. The second-order valence-electron chi connectivity index (χ2n) is 6.23. The van der Waals surface area contributed by atoms with Crippen molar-refractivity contribution in [1.82, 2.24) is 10.2 Å². The van der Waals surface area contributed by atoms with Crippen LogP contribution in [0.1, 0.15) is 18.9 Å². The lowest BCUT2D eigenvalue weighted by atomic mass is 10.0. The summed E-state index contributed by atoms with van der Waals surface area (Å²) in [5, 5.41) is 13.8. The molecule has 0 radical (unpaired) electrons. The van der Waals surface area contributed by atoms with Gasteiger partial charge in [0.1, 0.15) is 11.5 Å². The van der Waals surface area contributed by atoms with Crippen molar-refractivity contribution in [2.24, 2.45) is 4.99 Å². The van der Waals surface area contributed by atoms with E-state index in [0.717, 1.165) is 47.5 Å². The van der Waals surface area contributed by atoms with Crippen LogP contribution in [0.4, 0.5) is 0 Å². The van der Waals surface area contributed by atoms with Crippen LogP contribution in [0.2, 0.25) is 0 Å². The summed E-state index contributed by atoms with van der Waals surface area (Å²) in [5.41, 5.74) is 0.371. The van der Waals surface area contributed by atoms with Gasteiger partial charge in [-0.2, -0.15) is 11.8 Å². The van der Waals surface area contributed by atoms with Crippen LogP contribution in [0, 0.1) is 0 Å². The first-order valence-electron chi connectivity index (χ1n) is 8.52. The van der Waals surface area contributed by atoms with Crippen LogP contribution in [0.15, 0.2) is 23.2 Å². The van der Waals surface area contributed by atoms with Crippen molar-refractivity contribution in [2.45, 2.75) is 25.5 Å². The molecule has 0 aromatic heterocycles. The molecule has 1 saturated heterocycles. The first-order chi connectivity index (χ1) is 12.0. The fourth-order valence-electron chi connectivity index (χ4n) is 2.73. The molecule has 6 nitrogen and oxygen atoms in total. The monoisotopic (exact) mass is 495 g/mol. The molecule has 1 aromatic carbocycles. The zero-order valence-corrected chi connectivity index (χ0v) is 19.1. The molecule has 0 bridgehead atoms. The lowest BCUT2D eigenvalue weighted by molar-refractivity contribution is 0.0776. The Kier molecular flexibility index (Phi) is 9.88. The van der Waals surface area contributed by atoms with Gasteiger partial charge in [0.15, 0.2) is 5.96 Å². The zero-order chi connectivity index (χ0) is 18.3. The number of ether oxygens (including phenoxy) is 2. The van der Waals surface area contributed by atoms with E-state index in [9.17, 15) is 5.11 Å². The summed E-state index contributed by atoms with van der Waals surface area (Å²) in [6, 6.07) is 5.80. The van der Waals surface area contributed by atoms with Gasteiger partial charge in [0.25, 0.3) is 0 Å². The van der Waals surface area contributed by atoms with E-state index in [4.69, 9.17) is 9.47 Å². The van der Waals surface area contributed by atoms with Crippen molar-refractivity contribution in [1.29, 1.82) is 0 Å².